The van der Waals surface area contributed by atoms with Crippen molar-refractivity contribution in [1.29, 1.82) is 0 Å². The molecule has 2 N–H and O–H groups in total. The molecule has 0 bridgehead atoms. The van der Waals surface area contributed by atoms with Crippen LogP contribution in [0, 0.1) is 0 Å². The summed E-state index contributed by atoms with van der Waals surface area (Å²) in [6.07, 6.45) is 1.60. The van der Waals surface area contributed by atoms with E-state index < -0.39 is 11.8 Å². The first kappa shape index (κ1) is 20.5. The number of hydrogen-bond donors (Lipinski definition) is 2. The Kier molecular flexibility index (Phi) is 7.43. The Hall–Kier alpha value is -2.80. The maximum atomic E-state index is 12.3. The highest BCUT2D eigenvalue weighted by atomic mass is 79.9. The van der Waals surface area contributed by atoms with E-state index in [1.165, 1.54) is 0 Å². The van der Waals surface area contributed by atoms with E-state index in [9.17, 15) is 9.59 Å². The molecule has 2 amide bonds. The number of para-hydroxylation sites is 1. The molecule has 7 heteroatoms. The second-order valence-corrected chi connectivity index (χ2v) is 6.67. The van der Waals surface area contributed by atoms with Gasteiger partial charge in [-0.15, -0.1) is 0 Å². The standard InChI is InChI=1S/C20H21BrN2O4/c1-4-11-26-17-8-6-5-7-15(17)20(25)23-22-19(24)14-9-10-18(16(21)12-14)27-13(2)3/h4-10,12-13H,1,11H2,2-3H3,(H,22,24)(H,23,25). The molecule has 0 spiro atoms. The summed E-state index contributed by atoms with van der Waals surface area (Å²) in [5.41, 5.74) is 5.46. The first-order valence-electron chi connectivity index (χ1n) is 8.32. The molecule has 0 aliphatic carbocycles. The van der Waals surface area contributed by atoms with E-state index in [1.54, 1.807) is 48.5 Å². The second kappa shape index (κ2) is 9.78. The Bertz CT molecular complexity index is 836. The number of nitrogens with one attached hydrogen (secondary N) is 2. The van der Waals surface area contributed by atoms with Crippen molar-refractivity contribution in [3.8, 4) is 11.5 Å². The summed E-state index contributed by atoms with van der Waals surface area (Å²) in [6, 6.07) is 11.7. The number of carbonyl (C=O) groups excluding carboxylic acids is 2. The van der Waals surface area contributed by atoms with Gasteiger partial charge in [0.2, 0.25) is 0 Å². The summed E-state index contributed by atoms with van der Waals surface area (Å²) < 4.78 is 11.7. The smallest absolute Gasteiger partial charge is 0.273 e. The van der Waals surface area contributed by atoms with Crippen LogP contribution in [0.2, 0.25) is 0 Å². The van der Waals surface area contributed by atoms with E-state index in [0.717, 1.165) is 0 Å². The van der Waals surface area contributed by atoms with E-state index >= 15 is 0 Å². The number of benzene rings is 2. The van der Waals surface area contributed by atoms with Gasteiger partial charge in [-0.3, -0.25) is 20.4 Å². The number of carbonyl (C=O) groups is 2. The average molecular weight is 433 g/mol. The summed E-state index contributed by atoms with van der Waals surface area (Å²) >= 11 is 3.38. The van der Waals surface area contributed by atoms with E-state index in [4.69, 9.17) is 9.47 Å². The minimum Gasteiger partial charge on any atom is -0.490 e. The molecule has 0 atom stereocenters. The van der Waals surface area contributed by atoms with Gasteiger partial charge in [-0.25, -0.2) is 0 Å². The lowest BCUT2D eigenvalue weighted by atomic mass is 10.2. The molecule has 0 heterocycles. The molecular formula is C20H21BrN2O4. The fourth-order valence-electron chi connectivity index (χ4n) is 2.17. The Balaban J connectivity index is 2.02. The van der Waals surface area contributed by atoms with Crippen molar-refractivity contribution < 1.29 is 19.1 Å². The zero-order chi connectivity index (χ0) is 19.8. The van der Waals surface area contributed by atoms with E-state index in [1.807, 2.05) is 13.8 Å². The SMILES string of the molecule is C=CCOc1ccccc1C(=O)NNC(=O)c1ccc(OC(C)C)c(Br)c1. The molecule has 0 saturated heterocycles. The number of halogens is 1. The van der Waals surface area contributed by atoms with Gasteiger partial charge in [0.25, 0.3) is 11.8 Å². The maximum Gasteiger partial charge on any atom is 0.273 e. The van der Waals surface area contributed by atoms with Gasteiger partial charge in [0.15, 0.2) is 0 Å². The van der Waals surface area contributed by atoms with Crippen molar-refractivity contribution in [3.05, 3.63) is 70.7 Å². The van der Waals surface area contributed by atoms with E-state index in [0.29, 0.717) is 27.1 Å². The fourth-order valence-corrected chi connectivity index (χ4v) is 2.65. The van der Waals surface area contributed by atoms with Gasteiger partial charge in [-0.1, -0.05) is 24.8 Å². The zero-order valence-electron chi connectivity index (χ0n) is 15.1. The van der Waals surface area contributed by atoms with Gasteiger partial charge >= 0.3 is 0 Å². The Labute approximate surface area is 166 Å². The van der Waals surface area contributed by atoms with Crippen LogP contribution in [0.1, 0.15) is 34.6 Å². The van der Waals surface area contributed by atoms with Crippen LogP contribution in [0.15, 0.2) is 59.6 Å². The quantitative estimate of drug-likeness (QED) is 0.514. The van der Waals surface area contributed by atoms with Crippen LogP contribution in [0.5, 0.6) is 11.5 Å². The van der Waals surface area contributed by atoms with E-state index in [-0.39, 0.29) is 12.7 Å². The molecule has 2 aromatic carbocycles. The molecule has 0 saturated carbocycles. The molecule has 0 radical (unpaired) electrons. The van der Waals surface area contributed by atoms with Crippen LogP contribution in [0.4, 0.5) is 0 Å². The predicted octanol–water partition coefficient (Wildman–Crippen LogP) is 3.88. The summed E-state index contributed by atoms with van der Waals surface area (Å²) in [6.45, 7) is 7.68. The third-order valence-corrected chi connectivity index (χ3v) is 3.95. The van der Waals surface area contributed by atoms with Gasteiger partial charge in [-0.2, -0.15) is 0 Å². The molecule has 0 fully saturated rings. The van der Waals surface area contributed by atoms with Crippen LogP contribution in [-0.4, -0.2) is 24.5 Å². The largest absolute Gasteiger partial charge is 0.490 e. The van der Waals surface area contributed by atoms with Gasteiger partial charge in [-0.05, 0) is 60.1 Å². The Morgan fingerprint density at radius 3 is 2.48 bits per heavy atom. The van der Waals surface area contributed by atoms with Crippen molar-refractivity contribution in [2.75, 3.05) is 6.61 Å². The lowest BCUT2D eigenvalue weighted by Gasteiger charge is -2.13. The van der Waals surface area contributed by atoms with Crippen molar-refractivity contribution >= 4 is 27.7 Å². The van der Waals surface area contributed by atoms with Gasteiger partial charge in [0.1, 0.15) is 18.1 Å². The highest BCUT2D eigenvalue weighted by Crippen LogP contribution is 2.27. The number of hydrogen-bond acceptors (Lipinski definition) is 4. The van der Waals surface area contributed by atoms with Crippen LogP contribution in [0.3, 0.4) is 0 Å². The number of rotatable bonds is 7. The number of ether oxygens (including phenoxy) is 2. The summed E-state index contributed by atoms with van der Waals surface area (Å²) in [5, 5.41) is 0. The van der Waals surface area contributed by atoms with Gasteiger partial charge in [0, 0.05) is 5.56 Å². The highest BCUT2D eigenvalue weighted by Gasteiger charge is 2.14. The summed E-state index contributed by atoms with van der Waals surface area (Å²) in [4.78, 5) is 24.6. The third-order valence-electron chi connectivity index (χ3n) is 3.33. The minimum absolute atomic E-state index is 0.0173. The average Bonchev–Trinajstić information content (AvgIpc) is 2.65. The topological polar surface area (TPSA) is 76.7 Å². The van der Waals surface area contributed by atoms with Crippen LogP contribution in [-0.2, 0) is 0 Å². The van der Waals surface area contributed by atoms with E-state index in [2.05, 4.69) is 33.4 Å². The lowest BCUT2D eigenvalue weighted by molar-refractivity contribution is 0.0844. The lowest BCUT2D eigenvalue weighted by Crippen LogP contribution is -2.41. The zero-order valence-corrected chi connectivity index (χ0v) is 16.7. The molecule has 2 aromatic rings. The van der Waals surface area contributed by atoms with Crippen molar-refractivity contribution in [1.82, 2.24) is 10.9 Å². The summed E-state index contributed by atoms with van der Waals surface area (Å²) in [5.74, 6) is 0.104. The molecule has 0 aromatic heterocycles. The molecule has 2 rings (SSSR count). The predicted molar refractivity (Wildman–Crippen MR) is 107 cm³/mol. The summed E-state index contributed by atoms with van der Waals surface area (Å²) in [7, 11) is 0. The number of amides is 2. The Morgan fingerprint density at radius 2 is 1.81 bits per heavy atom. The third kappa shape index (κ3) is 5.86. The minimum atomic E-state index is -0.484. The normalized spacial score (nSPS) is 10.2. The molecule has 27 heavy (non-hydrogen) atoms. The molecule has 0 aliphatic rings. The van der Waals surface area contributed by atoms with Gasteiger partial charge < -0.3 is 9.47 Å². The molecule has 142 valence electrons. The van der Waals surface area contributed by atoms with Crippen molar-refractivity contribution in [3.63, 3.8) is 0 Å². The fraction of sp³-hybridized carbons (Fsp3) is 0.200. The molecule has 0 aliphatic heterocycles. The first-order valence-corrected chi connectivity index (χ1v) is 9.11. The second-order valence-electron chi connectivity index (χ2n) is 5.82. The number of hydrazine groups is 1. The van der Waals surface area contributed by atoms with Crippen molar-refractivity contribution in [2.45, 2.75) is 20.0 Å². The van der Waals surface area contributed by atoms with Crippen LogP contribution >= 0.6 is 15.9 Å². The maximum absolute atomic E-state index is 12.3. The van der Waals surface area contributed by atoms with Crippen LogP contribution < -0.4 is 20.3 Å². The molecule has 6 nitrogen and oxygen atoms in total. The van der Waals surface area contributed by atoms with Crippen LogP contribution in [0.25, 0.3) is 0 Å². The first-order chi connectivity index (χ1) is 12.9. The Morgan fingerprint density at radius 1 is 1.11 bits per heavy atom. The molecular weight excluding hydrogens is 412 g/mol. The molecule has 0 unspecified atom stereocenters. The highest BCUT2D eigenvalue weighted by molar-refractivity contribution is 9.10. The monoisotopic (exact) mass is 432 g/mol. The van der Waals surface area contributed by atoms with Gasteiger partial charge in [0.05, 0.1) is 16.1 Å². The van der Waals surface area contributed by atoms with Crippen molar-refractivity contribution in [2.24, 2.45) is 0 Å².